The van der Waals surface area contributed by atoms with Gasteiger partial charge in [0.1, 0.15) is 19.3 Å². The highest BCUT2D eigenvalue weighted by Crippen LogP contribution is 2.45. The summed E-state index contributed by atoms with van der Waals surface area (Å²) in [6, 6.07) is 0. The fraction of sp³-hybridized carbons (Fsp3) is 0.952. The molecule has 0 spiro atoms. The van der Waals surface area contributed by atoms with E-state index < -0.39 is 97.5 Å². The normalized spacial score (nSPS) is 14.2. The lowest BCUT2D eigenvalue weighted by atomic mass is 9.99. The summed E-state index contributed by atoms with van der Waals surface area (Å²) in [5.41, 5.74) is 0. The second-order valence-electron chi connectivity index (χ2n) is 31.1. The third-order valence-electron chi connectivity index (χ3n) is 19.7. The van der Waals surface area contributed by atoms with Crippen LogP contribution in [0.5, 0.6) is 0 Å². The number of hydrogen-bond acceptors (Lipinski definition) is 15. The third kappa shape index (κ3) is 74.9. The van der Waals surface area contributed by atoms with Gasteiger partial charge in [-0.15, -0.1) is 0 Å². The topological polar surface area (TPSA) is 237 Å². The zero-order chi connectivity index (χ0) is 75.1. The highest BCUT2D eigenvalue weighted by molar-refractivity contribution is 7.47. The molecule has 0 saturated carbocycles. The van der Waals surface area contributed by atoms with Crippen molar-refractivity contribution in [3.05, 3.63) is 0 Å². The maximum Gasteiger partial charge on any atom is 0.472 e. The van der Waals surface area contributed by atoms with Crippen LogP contribution in [0, 0.1) is 17.8 Å². The lowest BCUT2D eigenvalue weighted by Crippen LogP contribution is -2.30. The predicted molar refractivity (Wildman–Crippen MR) is 418 cm³/mol. The van der Waals surface area contributed by atoms with Gasteiger partial charge in [-0.1, -0.05) is 382 Å². The van der Waals surface area contributed by atoms with E-state index in [-0.39, 0.29) is 25.7 Å². The van der Waals surface area contributed by atoms with Gasteiger partial charge in [-0.3, -0.25) is 37.3 Å². The standard InChI is InChI=1S/C83H162O17P2/c1-8-10-11-12-13-14-15-16-17-18-21-24-30-35-43-50-57-64-80(85)93-70-78(99-82(87)66-59-52-45-36-31-25-22-19-20-23-28-33-40-47-54-61-74(3)4)72-97-101(89,90)95-68-77(84)69-96-102(91,92)98-73-79(71-94-81(86)65-58-51-44-39-38-42-49-56-63-76(7)9-2)100-83(88)67-60-53-46-37-32-27-26-29-34-41-48-55-62-75(5)6/h74-79,84H,8-73H2,1-7H3,(H,89,90)(H,91,92)/t76?,77-,78-,79-/m1/s1. The number of carbonyl (C=O) groups is 4. The quantitative estimate of drug-likeness (QED) is 0.0222. The molecule has 19 heteroatoms. The molecule has 0 aliphatic heterocycles. The number of aliphatic hydroxyl groups is 1. The van der Waals surface area contributed by atoms with Gasteiger partial charge in [0.25, 0.3) is 0 Å². The number of phosphoric acid groups is 2. The fourth-order valence-corrected chi connectivity index (χ4v) is 14.4. The first-order chi connectivity index (χ1) is 49.3. The molecule has 0 radical (unpaired) electrons. The highest BCUT2D eigenvalue weighted by Gasteiger charge is 2.30. The molecule has 0 aromatic carbocycles. The zero-order valence-corrected chi connectivity index (χ0v) is 68.9. The van der Waals surface area contributed by atoms with Crippen molar-refractivity contribution in [3.63, 3.8) is 0 Å². The molecule has 0 saturated heterocycles. The maximum absolute atomic E-state index is 13.1. The number of esters is 4. The Labute approximate surface area is 626 Å². The van der Waals surface area contributed by atoms with E-state index in [0.29, 0.717) is 25.7 Å². The van der Waals surface area contributed by atoms with Crippen LogP contribution < -0.4 is 0 Å². The summed E-state index contributed by atoms with van der Waals surface area (Å²) < 4.78 is 68.8. The van der Waals surface area contributed by atoms with Crippen molar-refractivity contribution >= 4 is 39.5 Å². The predicted octanol–water partition coefficient (Wildman–Crippen LogP) is 24.9. The largest absolute Gasteiger partial charge is 0.472 e. The van der Waals surface area contributed by atoms with Crippen molar-refractivity contribution in [2.24, 2.45) is 17.8 Å². The lowest BCUT2D eigenvalue weighted by Gasteiger charge is -2.21. The Morgan fingerprint density at radius 1 is 0.284 bits per heavy atom. The van der Waals surface area contributed by atoms with E-state index >= 15 is 0 Å². The van der Waals surface area contributed by atoms with Crippen molar-refractivity contribution in [3.8, 4) is 0 Å². The molecular formula is C83H162O17P2. The second kappa shape index (κ2) is 73.2. The Hall–Kier alpha value is -1.94. The van der Waals surface area contributed by atoms with Gasteiger partial charge in [0, 0.05) is 25.7 Å². The van der Waals surface area contributed by atoms with Crippen LogP contribution in [0.2, 0.25) is 0 Å². The summed E-state index contributed by atoms with van der Waals surface area (Å²) in [6.07, 6.45) is 62.3. The molecule has 0 heterocycles. The summed E-state index contributed by atoms with van der Waals surface area (Å²) in [5, 5.41) is 10.7. The number of phosphoric ester groups is 2. The monoisotopic (exact) mass is 1490 g/mol. The molecule has 0 aliphatic rings. The van der Waals surface area contributed by atoms with Crippen LogP contribution in [-0.2, 0) is 65.4 Å². The first-order valence-electron chi connectivity index (χ1n) is 42.9. The molecular weight excluding hydrogens is 1330 g/mol. The van der Waals surface area contributed by atoms with Crippen LogP contribution in [-0.4, -0.2) is 96.7 Å². The molecule has 17 nitrogen and oxygen atoms in total. The van der Waals surface area contributed by atoms with Crippen LogP contribution >= 0.6 is 15.6 Å². The van der Waals surface area contributed by atoms with Crippen molar-refractivity contribution in [1.29, 1.82) is 0 Å². The molecule has 0 amide bonds. The number of aliphatic hydroxyl groups excluding tert-OH is 1. The minimum atomic E-state index is -4.96. The molecule has 0 bridgehead atoms. The van der Waals surface area contributed by atoms with Crippen molar-refractivity contribution in [2.45, 2.75) is 452 Å². The van der Waals surface area contributed by atoms with Crippen molar-refractivity contribution < 1.29 is 80.2 Å². The van der Waals surface area contributed by atoms with Gasteiger partial charge in [0.15, 0.2) is 12.2 Å². The molecule has 3 unspecified atom stereocenters. The molecule has 6 atom stereocenters. The minimum Gasteiger partial charge on any atom is -0.462 e. The molecule has 0 rings (SSSR count). The van der Waals surface area contributed by atoms with Gasteiger partial charge in [-0.05, 0) is 43.4 Å². The SMILES string of the molecule is CCCCCCCCCCCCCCCCCCCC(=O)OC[C@H](COP(=O)(O)OC[C@@H](O)COP(=O)(O)OC[C@@H](COC(=O)CCCCCCCCCCC(C)CC)OC(=O)CCCCCCCCCCCCCCC(C)C)OC(=O)CCCCCCCCCCCCCCCCCC(C)C. The number of hydrogen-bond donors (Lipinski definition) is 3. The molecule has 0 aliphatic carbocycles. The van der Waals surface area contributed by atoms with Gasteiger partial charge in [-0.2, -0.15) is 0 Å². The van der Waals surface area contributed by atoms with Crippen molar-refractivity contribution in [2.75, 3.05) is 39.6 Å². The Balaban J connectivity index is 5.27. The lowest BCUT2D eigenvalue weighted by molar-refractivity contribution is -0.161. The molecule has 102 heavy (non-hydrogen) atoms. The summed E-state index contributed by atoms with van der Waals surface area (Å²) >= 11 is 0. The minimum absolute atomic E-state index is 0.106. The number of carbonyl (C=O) groups excluding carboxylic acids is 4. The van der Waals surface area contributed by atoms with E-state index in [0.717, 1.165) is 108 Å². The van der Waals surface area contributed by atoms with E-state index in [2.05, 4.69) is 48.5 Å². The van der Waals surface area contributed by atoms with Crippen LogP contribution in [0.15, 0.2) is 0 Å². The summed E-state index contributed by atoms with van der Waals surface area (Å²) in [4.78, 5) is 73.2. The van der Waals surface area contributed by atoms with E-state index in [4.69, 9.17) is 37.0 Å². The molecule has 0 aromatic heterocycles. The van der Waals surface area contributed by atoms with Gasteiger partial charge < -0.3 is 33.8 Å². The molecule has 0 aromatic rings. The zero-order valence-electron chi connectivity index (χ0n) is 67.1. The average molecular weight is 1490 g/mol. The second-order valence-corrected chi connectivity index (χ2v) is 34.0. The third-order valence-corrected chi connectivity index (χ3v) is 21.6. The van der Waals surface area contributed by atoms with Gasteiger partial charge in [-0.25, -0.2) is 9.13 Å². The van der Waals surface area contributed by atoms with E-state index in [1.165, 1.54) is 244 Å². The Bertz CT molecular complexity index is 1980. The number of unbranched alkanes of at least 4 members (excludes halogenated alkanes) is 48. The maximum atomic E-state index is 13.1. The van der Waals surface area contributed by atoms with Crippen LogP contribution in [0.1, 0.15) is 434 Å². The Morgan fingerprint density at radius 3 is 0.745 bits per heavy atom. The average Bonchev–Trinajstić information content (AvgIpc) is 0.932. The number of rotatable bonds is 81. The highest BCUT2D eigenvalue weighted by atomic mass is 31.2. The number of ether oxygens (including phenoxy) is 4. The molecule has 606 valence electrons. The van der Waals surface area contributed by atoms with Gasteiger partial charge >= 0.3 is 39.5 Å². The van der Waals surface area contributed by atoms with E-state index in [9.17, 15) is 43.2 Å². The summed E-state index contributed by atoms with van der Waals surface area (Å²) in [7, 11) is -9.93. The van der Waals surface area contributed by atoms with Crippen molar-refractivity contribution in [1.82, 2.24) is 0 Å². The summed E-state index contributed by atoms with van der Waals surface area (Å²) in [6.45, 7) is 12.0. The smallest absolute Gasteiger partial charge is 0.462 e. The summed E-state index contributed by atoms with van der Waals surface area (Å²) in [5.74, 6) is 0.249. The van der Waals surface area contributed by atoms with Gasteiger partial charge in [0.05, 0.1) is 26.4 Å². The molecule has 3 N–H and O–H groups in total. The fourth-order valence-electron chi connectivity index (χ4n) is 12.8. The van der Waals surface area contributed by atoms with E-state index in [1.807, 2.05) is 0 Å². The van der Waals surface area contributed by atoms with Crippen LogP contribution in [0.4, 0.5) is 0 Å². The van der Waals surface area contributed by atoms with E-state index in [1.54, 1.807) is 0 Å². The van der Waals surface area contributed by atoms with Gasteiger partial charge in [0.2, 0.25) is 0 Å². The first kappa shape index (κ1) is 100. The Kier molecular flexibility index (Phi) is 71.8. The van der Waals surface area contributed by atoms with Crippen LogP contribution in [0.25, 0.3) is 0 Å². The Morgan fingerprint density at radius 2 is 0.500 bits per heavy atom. The molecule has 0 fully saturated rings. The first-order valence-corrected chi connectivity index (χ1v) is 45.9. The van der Waals surface area contributed by atoms with Crippen LogP contribution in [0.3, 0.4) is 0 Å².